The van der Waals surface area contributed by atoms with Crippen molar-refractivity contribution in [1.82, 2.24) is 4.98 Å². The second-order valence-corrected chi connectivity index (χ2v) is 5.49. The van der Waals surface area contributed by atoms with E-state index in [-0.39, 0.29) is 5.56 Å². The maximum atomic E-state index is 11.9. The molecule has 17 heavy (non-hydrogen) atoms. The highest BCUT2D eigenvalue weighted by atomic mass is 16.1. The van der Waals surface area contributed by atoms with Crippen molar-refractivity contribution in [3.63, 3.8) is 0 Å². The number of rotatable bonds is 2. The Hall–Kier alpha value is -1.77. The third kappa shape index (κ3) is 1.82. The lowest BCUT2D eigenvalue weighted by molar-refractivity contribution is 0.630. The highest BCUT2D eigenvalue weighted by Gasteiger charge is 2.45. The van der Waals surface area contributed by atoms with Gasteiger partial charge >= 0.3 is 0 Å². The van der Waals surface area contributed by atoms with Crippen molar-refractivity contribution in [2.24, 2.45) is 5.41 Å². The molecule has 1 aromatic heterocycles. The van der Waals surface area contributed by atoms with E-state index in [2.05, 4.69) is 24.1 Å². The summed E-state index contributed by atoms with van der Waals surface area (Å²) in [5, 5.41) is 5.11. The van der Waals surface area contributed by atoms with Crippen molar-refractivity contribution in [2.75, 3.05) is 5.32 Å². The van der Waals surface area contributed by atoms with E-state index in [1.54, 1.807) is 0 Å². The molecule has 1 fully saturated rings. The zero-order valence-corrected chi connectivity index (χ0v) is 10.1. The SMILES string of the molecule is CC1(C)CC1Nc1cc2ccccc2c(=O)[nH]1. The summed E-state index contributed by atoms with van der Waals surface area (Å²) < 4.78 is 0. The molecule has 3 rings (SSSR count). The molecule has 1 aromatic carbocycles. The Bertz CT molecular complexity index is 627. The van der Waals surface area contributed by atoms with E-state index in [1.807, 2.05) is 30.3 Å². The van der Waals surface area contributed by atoms with Gasteiger partial charge in [0.1, 0.15) is 5.82 Å². The first-order valence-electron chi connectivity index (χ1n) is 5.95. The van der Waals surface area contributed by atoms with Gasteiger partial charge in [0.05, 0.1) is 0 Å². The predicted molar refractivity (Wildman–Crippen MR) is 70.4 cm³/mol. The zero-order valence-electron chi connectivity index (χ0n) is 10.1. The summed E-state index contributed by atoms with van der Waals surface area (Å²) >= 11 is 0. The summed E-state index contributed by atoms with van der Waals surface area (Å²) in [4.78, 5) is 14.8. The van der Waals surface area contributed by atoms with Crippen LogP contribution >= 0.6 is 0 Å². The summed E-state index contributed by atoms with van der Waals surface area (Å²) in [5.74, 6) is 0.823. The molecular weight excluding hydrogens is 212 g/mol. The standard InChI is InChI=1S/C14H16N2O/c1-14(2)8-11(14)15-12-7-9-5-3-4-6-10(9)13(17)16-12/h3-7,11H,8H2,1-2H3,(H2,15,16,17). The van der Waals surface area contributed by atoms with Crippen molar-refractivity contribution in [1.29, 1.82) is 0 Å². The number of aromatic nitrogens is 1. The Morgan fingerprint density at radius 1 is 1.35 bits per heavy atom. The first-order valence-corrected chi connectivity index (χ1v) is 5.95. The molecule has 1 atom stereocenters. The van der Waals surface area contributed by atoms with Crippen LogP contribution in [0.1, 0.15) is 20.3 Å². The second kappa shape index (κ2) is 3.36. The van der Waals surface area contributed by atoms with Gasteiger partial charge in [0, 0.05) is 11.4 Å². The van der Waals surface area contributed by atoms with Crippen molar-refractivity contribution >= 4 is 16.6 Å². The third-order valence-electron chi connectivity index (χ3n) is 3.60. The van der Waals surface area contributed by atoms with Gasteiger partial charge in [-0.25, -0.2) is 0 Å². The fourth-order valence-electron chi connectivity index (χ4n) is 2.19. The summed E-state index contributed by atoms with van der Waals surface area (Å²) in [6.45, 7) is 4.45. The van der Waals surface area contributed by atoms with Crippen LogP contribution in [-0.4, -0.2) is 11.0 Å². The van der Waals surface area contributed by atoms with E-state index >= 15 is 0 Å². The Labute approximate surface area is 99.9 Å². The first-order chi connectivity index (χ1) is 8.06. The number of aromatic amines is 1. The Morgan fingerprint density at radius 2 is 2.06 bits per heavy atom. The molecule has 0 radical (unpaired) electrons. The fourth-order valence-corrected chi connectivity index (χ4v) is 2.19. The topological polar surface area (TPSA) is 44.9 Å². The van der Waals surface area contributed by atoms with Gasteiger partial charge in [-0.15, -0.1) is 0 Å². The van der Waals surface area contributed by atoms with Crippen molar-refractivity contribution in [2.45, 2.75) is 26.3 Å². The Morgan fingerprint density at radius 3 is 2.76 bits per heavy atom. The predicted octanol–water partition coefficient (Wildman–Crippen LogP) is 2.74. The van der Waals surface area contributed by atoms with Gasteiger partial charge in [-0.1, -0.05) is 32.0 Å². The van der Waals surface area contributed by atoms with Gasteiger partial charge < -0.3 is 10.3 Å². The minimum atomic E-state index is -0.0240. The molecule has 1 aliphatic carbocycles. The van der Waals surface area contributed by atoms with Crippen molar-refractivity contribution in [3.05, 3.63) is 40.7 Å². The molecule has 2 aromatic rings. The smallest absolute Gasteiger partial charge is 0.257 e. The van der Waals surface area contributed by atoms with Crippen molar-refractivity contribution < 1.29 is 0 Å². The molecule has 3 heteroatoms. The largest absolute Gasteiger partial charge is 0.368 e. The molecule has 3 nitrogen and oxygen atoms in total. The first kappa shape index (κ1) is 10.4. The molecule has 2 N–H and O–H groups in total. The number of H-pyrrole nitrogens is 1. The third-order valence-corrected chi connectivity index (χ3v) is 3.60. The lowest BCUT2D eigenvalue weighted by Gasteiger charge is -2.08. The molecule has 1 saturated carbocycles. The van der Waals surface area contributed by atoms with Crippen LogP contribution in [0.5, 0.6) is 0 Å². The molecule has 0 bridgehead atoms. The number of hydrogen-bond donors (Lipinski definition) is 2. The van der Waals surface area contributed by atoms with E-state index < -0.39 is 0 Å². The molecule has 88 valence electrons. The zero-order chi connectivity index (χ0) is 12.0. The van der Waals surface area contributed by atoms with E-state index in [9.17, 15) is 4.79 Å². The second-order valence-electron chi connectivity index (χ2n) is 5.49. The van der Waals surface area contributed by atoms with Gasteiger partial charge in [0.15, 0.2) is 0 Å². The van der Waals surface area contributed by atoms with Crippen LogP contribution in [-0.2, 0) is 0 Å². The highest BCUT2D eigenvalue weighted by molar-refractivity contribution is 5.83. The molecular formula is C14H16N2O. The quantitative estimate of drug-likeness (QED) is 0.830. The van der Waals surface area contributed by atoms with Crippen LogP contribution in [0.15, 0.2) is 35.1 Å². The van der Waals surface area contributed by atoms with Crippen LogP contribution in [0.2, 0.25) is 0 Å². The number of hydrogen-bond acceptors (Lipinski definition) is 2. The lowest BCUT2D eigenvalue weighted by atomic mass is 10.1. The molecule has 0 aliphatic heterocycles. The van der Waals surface area contributed by atoms with E-state index in [0.29, 0.717) is 11.5 Å². The Balaban J connectivity index is 1.99. The van der Waals surface area contributed by atoms with E-state index in [1.165, 1.54) is 0 Å². The Kier molecular flexibility index (Phi) is 2.05. The van der Waals surface area contributed by atoms with Gasteiger partial charge in [0.2, 0.25) is 0 Å². The molecule has 0 saturated heterocycles. The number of anilines is 1. The van der Waals surface area contributed by atoms with Crippen LogP contribution < -0.4 is 10.9 Å². The number of pyridine rings is 1. The number of nitrogens with one attached hydrogen (secondary N) is 2. The highest BCUT2D eigenvalue weighted by Crippen LogP contribution is 2.46. The minimum absolute atomic E-state index is 0.0240. The number of benzene rings is 1. The lowest BCUT2D eigenvalue weighted by Crippen LogP contribution is -2.14. The molecule has 1 heterocycles. The monoisotopic (exact) mass is 228 g/mol. The normalized spacial score (nSPS) is 21.4. The van der Waals surface area contributed by atoms with Crippen LogP contribution in [0.3, 0.4) is 0 Å². The molecule has 1 unspecified atom stereocenters. The van der Waals surface area contributed by atoms with Crippen molar-refractivity contribution in [3.8, 4) is 0 Å². The molecule has 1 aliphatic rings. The molecule has 0 spiro atoms. The van der Waals surface area contributed by atoms with E-state index in [0.717, 1.165) is 23.0 Å². The van der Waals surface area contributed by atoms with Crippen LogP contribution in [0.4, 0.5) is 5.82 Å². The molecule has 0 amide bonds. The average Bonchev–Trinajstić information content (AvgIpc) is 2.86. The van der Waals surface area contributed by atoms with Gasteiger partial charge in [-0.2, -0.15) is 0 Å². The summed E-state index contributed by atoms with van der Waals surface area (Å²) in [6, 6.07) is 10.1. The maximum absolute atomic E-state index is 11.9. The fraction of sp³-hybridized carbons (Fsp3) is 0.357. The number of fused-ring (bicyclic) bond motifs is 1. The maximum Gasteiger partial charge on any atom is 0.257 e. The van der Waals surface area contributed by atoms with Crippen LogP contribution in [0.25, 0.3) is 10.8 Å². The minimum Gasteiger partial charge on any atom is -0.368 e. The summed E-state index contributed by atoms with van der Waals surface area (Å²) in [5.41, 5.74) is 0.326. The summed E-state index contributed by atoms with van der Waals surface area (Å²) in [7, 11) is 0. The van der Waals surface area contributed by atoms with Gasteiger partial charge in [-0.05, 0) is 29.4 Å². The summed E-state index contributed by atoms with van der Waals surface area (Å²) in [6.07, 6.45) is 1.15. The average molecular weight is 228 g/mol. The van der Waals surface area contributed by atoms with E-state index in [4.69, 9.17) is 0 Å². The van der Waals surface area contributed by atoms with Gasteiger partial charge in [-0.3, -0.25) is 4.79 Å². The van der Waals surface area contributed by atoms with Crippen LogP contribution in [0, 0.1) is 5.41 Å². The van der Waals surface area contributed by atoms with Gasteiger partial charge in [0.25, 0.3) is 5.56 Å².